The molecule has 0 unspecified atom stereocenters. The minimum absolute atomic E-state index is 0.329. The van der Waals surface area contributed by atoms with E-state index in [1.54, 1.807) is 0 Å². The molecule has 1 N–H and O–H groups in total. The molecule has 3 nitrogen and oxygen atoms in total. The molecule has 19 heavy (non-hydrogen) atoms. The minimum atomic E-state index is 0.329. The average molecular weight is 385 g/mol. The van der Waals surface area contributed by atoms with Crippen LogP contribution in [0.5, 0.6) is 0 Å². The molecule has 5 heteroatoms. The quantitative estimate of drug-likeness (QED) is 0.823. The Bertz CT molecular complexity index is 597. The SMILES string of the molecule is CNc1nc(-c2cccc(Br)c2)nc(C(C)C)c1Br. The van der Waals surface area contributed by atoms with Gasteiger partial charge in [0.15, 0.2) is 5.82 Å². The fourth-order valence-corrected chi connectivity index (χ4v) is 3.00. The van der Waals surface area contributed by atoms with Gasteiger partial charge in [0, 0.05) is 17.1 Å². The monoisotopic (exact) mass is 383 g/mol. The number of benzene rings is 1. The van der Waals surface area contributed by atoms with E-state index in [4.69, 9.17) is 0 Å². The van der Waals surface area contributed by atoms with Crippen LogP contribution in [0.3, 0.4) is 0 Å². The molecule has 2 rings (SSSR count). The van der Waals surface area contributed by atoms with Crippen LogP contribution in [0, 0.1) is 0 Å². The van der Waals surface area contributed by atoms with E-state index in [1.165, 1.54) is 0 Å². The van der Waals surface area contributed by atoms with Gasteiger partial charge in [0.05, 0.1) is 10.2 Å². The van der Waals surface area contributed by atoms with Crippen molar-refractivity contribution < 1.29 is 0 Å². The minimum Gasteiger partial charge on any atom is -0.372 e. The normalized spacial score (nSPS) is 10.8. The van der Waals surface area contributed by atoms with Crippen molar-refractivity contribution in [1.29, 1.82) is 0 Å². The Morgan fingerprint density at radius 3 is 2.47 bits per heavy atom. The van der Waals surface area contributed by atoms with Crippen molar-refractivity contribution >= 4 is 37.7 Å². The van der Waals surface area contributed by atoms with E-state index in [-0.39, 0.29) is 0 Å². The number of hydrogen-bond donors (Lipinski definition) is 1. The molecule has 0 amide bonds. The topological polar surface area (TPSA) is 37.8 Å². The van der Waals surface area contributed by atoms with Gasteiger partial charge in [-0.25, -0.2) is 9.97 Å². The standard InChI is InChI=1S/C14H15Br2N3/c1-8(2)12-11(16)14(17-3)19-13(18-12)9-5-4-6-10(15)7-9/h4-8H,1-3H3,(H,17,18,19). The van der Waals surface area contributed by atoms with Crippen LogP contribution < -0.4 is 5.32 Å². The molecule has 1 aromatic carbocycles. The number of hydrogen-bond acceptors (Lipinski definition) is 3. The molecular formula is C14H15Br2N3. The lowest BCUT2D eigenvalue weighted by Gasteiger charge is -2.13. The van der Waals surface area contributed by atoms with E-state index in [0.717, 1.165) is 31.8 Å². The Balaban J connectivity index is 2.61. The van der Waals surface area contributed by atoms with Gasteiger partial charge in [-0.05, 0) is 34.0 Å². The maximum atomic E-state index is 4.67. The van der Waals surface area contributed by atoms with Crippen LogP contribution in [0.15, 0.2) is 33.2 Å². The van der Waals surface area contributed by atoms with Crippen molar-refractivity contribution in [3.63, 3.8) is 0 Å². The summed E-state index contributed by atoms with van der Waals surface area (Å²) in [7, 11) is 1.86. The van der Waals surface area contributed by atoms with E-state index < -0.39 is 0 Å². The molecule has 0 saturated heterocycles. The van der Waals surface area contributed by atoms with Gasteiger partial charge in [-0.15, -0.1) is 0 Å². The van der Waals surface area contributed by atoms with Crippen molar-refractivity contribution in [1.82, 2.24) is 9.97 Å². The van der Waals surface area contributed by atoms with Gasteiger partial charge in [-0.1, -0.05) is 41.9 Å². The van der Waals surface area contributed by atoms with E-state index in [1.807, 2.05) is 31.3 Å². The highest BCUT2D eigenvalue weighted by Gasteiger charge is 2.15. The van der Waals surface area contributed by atoms with E-state index in [9.17, 15) is 0 Å². The lowest BCUT2D eigenvalue weighted by Crippen LogP contribution is -2.04. The molecule has 0 bridgehead atoms. The third-order valence-electron chi connectivity index (χ3n) is 2.74. The number of rotatable bonds is 3. The molecule has 0 aliphatic carbocycles. The molecular weight excluding hydrogens is 370 g/mol. The summed E-state index contributed by atoms with van der Waals surface area (Å²) in [4.78, 5) is 9.23. The maximum absolute atomic E-state index is 4.67. The van der Waals surface area contributed by atoms with Gasteiger partial charge in [-0.2, -0.15) is 0 Å². The average Bonchev–Trinajstić information content (AvgIpc) is 2.38. The summed E-state index contributed by atoms with van der Waals surface area (Å²) in [6.45, 7) is 4.24. The molecule has 1 aromatic heterocycles. The second kappa shape index (κ2) is 6.01. The molecule has 0 aliphatic heterocycles. The van der Waals surface area contributed by atoms with Gasteiger partial charge < -0.3 is 5.32 Å². The Kier molecular flexibility index (Phi) is 4.58. The van der Waals surface area contributed by atoms with E-state index in [2.05, 4.69) is 61.0 Å². The van der Waals surface area contributed by atoms with Crippen molar-refractivity contribution in [2.75, 3.05) is 12.4 Å². The molecule has 2 aromatic rings. The molecule has 100 valence electrons. The zero-order valence-electron chi connectivity index (χ0n) is 11.0. The number of halogens is 2. The first kappa shape index (κ1) is 14.5. The number of aromatic nitrogens is 2. The van der Waals surface area contributed by atoms with Gasteiger partial charge in [-0.3, -0.25) is 0 Å². The van der Waals surface area contributed by atoms with Gasteiger partial charge in [0.1, 0.15) is 5.82 Å². The summed E-state index contributed by atoms with van der Waals surface area (Å²) >= 11 is 7.04. The molecule has 0 aliphatic rings. The fraction of sp³-hybridized carbons (Fsp3) is 0.286. The Hall–Kier alpha value is -0.940. The zero-order chi connectivity index (χ0) is 14.0. The Morgan fingerprint density at radius 1 is 1.16 bits per heavy atom. The molecule has 0 spiro atoms. The van der Waals surface area contributed by atoms with Crippen molar-refractivity contribution in [2.45, 2.75) is 19.8 Å². The van der Waals surface area contributed by atoms with Crippen molar-refractivity contribution in [2.24, 2.45) is 0 Å². The largest absolute Gasteiger partial charge is 0.372 e. The summed E-state index contributed by atoms with van der Waals surface area (Å²) in [6.07, 6.45) is 0. The maximum Gasteiger partial charge on any atom is 0.161 e. The molecule has 1 heterocycles. The van der Waals surface area contributed by atoms with Gasteiger partial charge in [0.2, 0.25) is 0 Å². The second-order valence-electron chi connectivity index (χ2n) is 4.51. The summed E-state index contributed by atoms with van der Waals surface area (Å²) in [6, 6.07) is 8.01. The van der Waals surface area contributed by atoms with Crippen LogP contribution in [0.1, 0.15) is 25.5 Å². The van der Waals surface area contributed by atoms with Crippen LogP contribution in [-0.4, -0.2) is 17.0 Å². The Morgan fingerprint density at radius 2 is 1.89 bits per heavy atom. The highest BCUT2D eigenvalue weighted by Crippen LogP contribution is 2.31. The summed E-state index contributed by atoms with van der Waals surface area (Å²) in [5.41, 5.74) is 2.01. The first-order valence-corrected chi connectivity index (χ1v) is 7.62. The van der Waals surface area contributed by atoms with Crippen molar-refractivity contribution in [3.05, 3.63) is 38.9 Å². The lowest BCUT2D eigenvalue weighted by molar-refractivity contribution is 0.810. The first-order chi connectivity index (χ1) is 9.02. The third kappa shape index (κ3) is 3.15. The summed E-state index contributed by atoms with van der Waals surface area (Å²) in [5.74, 6) is 1.88. The third-order valence-corrected chi connectivity index (χ3v) is 4.02. The van der Waals surface area contributed by atoms with Crippen LogP contribution >= 0.6 is 31.9 Å². The first-order valence-electron chi connectivity index (χ1n) is 6.04. The molecule has 0 radical (unpaired) electrons. The molecule has 0 saturated carbocycles. The number of nitrogens with one attached hydrogen (secondary N) is 1. The second-order valence-corrected chi connectivity index (χ2v) is 6.22. The Labute approximate surface area is 130 Å². The zero-order valence-corrected chi connectivity index (χ0v) is 14.2. The predicted molar refractivity (Wildman–Crippen MR) is 86.5 cm³/mol. The highest BCUT2D eigenvalue weighted by atomic mass is 79.9. The van der Waals surface area contributed by atoms with E-state index in [0.29, 0.717) is 5.92 Å². The van der Waals surface area contributed by atoms with Gasteiger partial charge >= 0.3 is 0 Å². The molecule has 0 atom stereocenters. The smallest absolute Gasteiger partial charge is 0.161 e. The fourth-order valence-electron chi connectivity index (χ4n) is 1.77. The summed E-state index contributed by atoms with van der Waals surface area (Å²) in [5, 5.41) is 3.11. The van der Waals surface area contributed by atoms with Crippen LogP contribution in [0.4, 0.5) is 5.82 Å². The molecule has 0 fully saturated rings. The predicted octanol–water partition coefficient (Wildman–Crippen LogP) is 4.83. The lowest BCUT2D eigenvalue weighted by atomic mass is 10.1. The van der Waals surface area contributed by atoms with Crippen LogP contribution in [-0.2, 0) is 0 Å². The summed E-state index contributed by atoms with van der Waals surface area (Å²) < 4.78 is 1.96. The highest BCUT2D eigenvalue weighted by molar-refractivity contribution is 9.11. The number of nitrogens with zero attached hydrogens (tertiary/aromatic N) is 2. The van der Waals surface area contributed by atoms with Crippen molar-refractivity contribution in [3.8, 4) is 11.4 Å². The number of anilines is 1. The van der Waals surface area contributed by atoms with Crippen LogP contribution in [0.2, 0.25) is 0 Å². The van der Waals surface area contributed by atoms with Crippen LogP contribution in [0.25, 0.3) is 11.4 Å². The van der Waals surface area contributed by atoms with Gasteiger partial charge in [0.25, 0.3) is 0 Å². The van der Waals surface area contributed by atoms with E-state index >= 15 is 0 Å².